The number of hydrogen-bond donors (Lipinski definition) is 1. The number of benzene rings is 1. The minimum atomic E-state index is 0.439. The van der Waals surface area contributed by atoms with E-state index in [1.54, 1.807) is 0 Å². The molecule has 1 unspecified atom stereocenters. The van der Waals surface area contributed by atoms with Gasteiger partial charge in [0.25, 0.3) is 0 Å². The summed E-state index contributed by atoms with van der Waals surface area (Å²) in [6, 6.07) is 11.2. The van der Waals surface area contributed by atoms with E-state index < -0.39 is 0 Å². The van der Waals surface area contributed by atoms with Crippen LogP contribution < -0.4 is 5.32 Å². The molecular weight excluding hydrogens is 252 g/mol. The van der Waals surface area contributed by atoms with Crippen LogP contribution in [0.1, 0.15) is 31.9 Å². The fraction of sp³-hybridized carbons (Fsp3) is 0.438. The summed E-state index contributed by atoms with van der Waals surface area (Å²) in [5, 5.41) is 4.87. The lowest BCUT2D eigenvalue weighted by atomic mass is 10.1. The monoisotopic (exact) mass is 274 g/mol. The summed E-state index contributed by atoms with van der Waals surface area (Å²) < 4.78 is 0. The third-order valence-electron chi connectivity index (χ3n) is 3.16. The van der Waals surface area contributed by atoms with Crippen molar-refractivity contribution < 1.29 is 0 Å². The van der Waals surface area contributed by atoms with Gasteiger partial charge >= 0.3 is 0 Å². The first-order valence-electron chi connectivity index (χ1n) is 7.01. The van der Waals surface area contributed by atoms with E-state index in [-0.39, 0.29) is 0 Å². The number of rotatable bonds is 7. The Morgan fingerprint density at radius 3 is 2.95 bits per heavy atom. The number of fused-ring (bicyclic) bond motifs is 1. The number of nitrogens with one attached hydrogen (secondary N) is 1. The summed E-state index contributed by atoms with van der Waals surface area (Å²) in [7, 11) is 0. The van der Waals surface area contributed by atoms with Crippen LogP contribution in [0.25, 0.3) is 10.9 Å². The highest BCUT2D eigenvalue weighted by molar-refractivity contribution is 7.99. The maximum absolute atomic E-state index is 4.38. The molecule has 2 rings (SSSR count). The van der Waals surface area contributed by atoms with Gasteiger partial charge in [-0.2, -0.15) is 11.8 Å². The molecule has 0 saturated carbocycles. The van der Waals surface area contributed by atoms with E-state index in [0.29, 0.717) is 6.04 Å². The van der Waals surface area contributed by atoms with Crippen LogP contribution in [0, 0.1) is 0 Å². The second kappa shape index (κ2) is 7.51. The number of hydrogen-bond acceptors (Lipinski definition) is 3. The van der Waals surface area contributed by atoms with Gasteiger partial charge < -0.3 is 5.32 Å². The number of pyridine rings is 1. The van der Waals surface area contributed by atoms with Crippen molar-refractivity contribution in [1.82, 2.24) is 10.3 Å². The molecule has 0 fully saturated rings. The van der Waals surface area contributed by atoms with Gasteiger partial charge in [-0.15, -0.1) is 0 Å². The summed E-state index contributed by atoms with van der Waals surface area (Å²) in [4.78, 5) is 4.38. The normalized spacial score (nSPS) is 12.7. The summed E-state index contributed by atoms with van der Waals surface area (Å²) >= 11 is 1.99. The Balaban J connectivity index is 2.21. The fourth-order valence-corrected chi connectivity index (χ4v) is 2.92. The minimum absolute atomic E-state index is 0.439. The zero-order chi connectivity index (χ0) is 13.5. The van der Waals surface area contributed by atoms with Crippen molar-refractivity contribution in [1.29, 1.82) is 0 Å². The molecule has 0 aliphatic carbocycles. The summed E-state index contributed by atoms with van der Waals surface area (Å²) in [5.41, 5.74) is 2.44. The molecule has 0 aliphatic heterocycles. The molecule has 0 saturated heterocycles. The van der Waals surface area contributed by atoms with Crippen LogP contribution in [-0.2, 0) is 0 Å². The highest BCUT2D eigenvalue weighted by Crippen LogP contribution is 2.22. The van der Waals surface area contributed by atoms with Crippen molar-refractivity contribution in [3.05, 3.63) is 42.1 Å². The third-order valence-corrected chi connectivity index (χ3v) is 4.14. The first-order valence-corrected chi connectivity index (χ1v) is 8.16. The van der Waals surface area contributed by atoms with Gasteiger partial charge in [0.1, 0.15) is 0 Å². The highest BCUT2D eigenvalue weighted by Gasteiger charge is 2.10. The zero-order valence-electron chi connectivity index (χ0n) is 11.7. The van der Waals surface area contributed by atoms with Crippen LogP contribution in [0.15, 0.2) is 36.5 Å². The second-order valence-electron chi connectivity index (χ2n) is 4.62. The van der Waals surface area contributed by atoms with Gasteiger partial charge in [0, 0.05) is 23.4 Å². The van der Waals surface area contributed by atoms with Crippen molar-refractivity contribution >= 4 is 22.7 Å². The van der Waals surface area contributed by atoms with Crippen LogP contribution in [0.5, 0.6) is 0 Å². The predicted octanol–water partition coefficient (Wildman–Crippen LogP) is 4.03. The smallest absolute Gasteiger partial charge is 0.0702 e. The Hall–Kier alpha value is -1.06. The number of aromatic nitrogens is 1. The van der Waals surface area contributed by atoms with Gasteiger partial charge in [0.15, 0.2) is 0 Å². The van der Waals surface area contributed by atoms with Crippen molar-refractivity contribution in [2.75, 3.05) is 18.1 Å². The molecule has 1 atom stereocenters. The van der Waals surface area contributed by atoms with Crippen LogP contribution in [0.2, 0.25) is 0 Å². The first kappa shape index (κ1) is 14.4. The Morgan fingerprint density at radius 1 is 1.26 bits per heavy atom. The standard InChI is InChI=1S/C16H22N2S/c1-3-9-17-16(12-19-4-2)14-7-8-15-13(11-14)6-5-10-18-15/h5-8,10-11,16-17H,3-4,9,12H2,1-2H3. The summed E-state index contributed by atoms with van der Waals surface area (Å²) in [6.07, 6.45) is 3.02. The van der Waals surface area contributed by atoms with E-state index in [1.165, 1.54) is 23.1 Å². The van der Waals surface area contributed by atoms with E-state index in [2.05, 4.69) is 48.4 Å². The van der Waals surface area contributed by atoms with E-state index in [1.807, 2.05) is 24.0 Å². The Morgan fingerprint density at radius 2 is 2.16 bits per heavy atom. The van der Waals surface area contributed by atoms with Crippen LogP contribution >= 0.6 is 11.8 Å². The Bertz CT molecular complexity index is 505. The molecule has 2 nitrogen and oxygen atoms in total. The molecule has 1 heterocycles. The summed E-state index contributed by atoms with van der Waals surface area (Å²) in [5.74, 6) is 2.29. The van der Waals surface area contributed by atoms with Gasteiger partial charge in [0.2, 0.25) is 0 Å². The molecule has 1 aromatic heterocycles. The highest BCUT2D eigenvalue weighted by atomic mass is 32.2. The van der Waals surface area contributed by atoms with Crippen LogP contribution in [-0.4, -0.2) is 23.0 Å². The van der Waals surface area contributed by atoms with E-state index >= 15 is 0 Å². The van der Waals surface area contributed by atoms with Crippen molar-refractivity contribution in [3.63, 3.8) is 0 Å². The Labute approximate surface area is 120 Å². The van der Waals surface area contributed by atoms with E-state index in [4.69, 9.17) is 0 Å². The molecule has 0 amide bonds. The largest absolute Gasteiger partial charge is 0.309 e. The van der Waals surface area contributed by atoms with Gasteiger partial charge in [-0.1, -0.05) is 26.0 Å². The van der Waals surface area contributed by atoms with Crippen LogP contribution in [0.3, 0.4) is 0 Å². The van der Waals surface area contributed by atoms with E-state index in [9.17, 15) is 0 Å². The summed E-state index contributed by atoms with van der Waals surface area (Å²) in [6.45, 7) is 5.49. The van der Waals surface area contributed by atoms with Gasteiger partial charge in [-0.05, 0) is 42.5 Å². The van der Waals surface area contributed by atoms with Crippen LogP contribution in [0.4, 0.5) is 0 Å². The average Bonchev–Trinajstić information content (AvgIpc) is 2.47. The molecular formula is C16H22N2S. The second-order valence-corrected chi connectivity index (χ2v) is 5.94. The maximum Gasteiger partial charge on any atom is 0.0702 e. The van der Waals surface area contributed by atoms with Crippen molar-refractivity contribution in [2.45, 2.75) is 26.3 Å². The fourth-order valence-electron chi connectivity index (χ4n) is 2.14. The van der Waals surface area contributed by atoms with Crippen molar-refractivity contribution in [3.8, 4) is 0 Å². The predicted molar refractivity (Wildman–Crippen MR) is 85.8 cm³/mol. The molecule has 0 spiro atoms. The molecule has 2 aromatic rings. The quantitative estimate of drug-likeness (QED) is 0.825. The average molecular weight is 274 g/mol. The van der Waals surface area contributed by atoms with Gasteiger partial charge in [0.05, 0.1) is 5.52 Å². The Kier molecular flexibility index (Phi) is 5.67. The van der Waals surface area contributed by atoms with Crippen molar-refractivity contribution in [2.24, 2.45) is 0 Å². The molecule has 0 bridgehead atoms. The molecule has 1 aromatic carbocycles. The molecule has 19 heavy (non-hydrogen) atoms. The van der Waals surface area contributed by atoms with Gasteiger partial charge in [-0.3, -0.25) is 4.98 Å². The van der Waals surface area contributed by atoms with E-state index in [0.717, 1.165) is 17.8 Å². The molecule has 102 valence electrons. The minimum Gasteiger partial charge on any atom is -0.309 e. The maximum atomic E-state index is 4.38. The topological polar surface area (TPSA) is 24.9 Å². The molecule has 0 aliphatic rings. The number of thioether (sulfide) groups is 1. The lowest BCUT2D eigenvalue weighted by Crippen LogP contribution is -2.24. The zero-order valence-corrected chi connectivity index (χ0v) is 12.5. The van der Waals surface area contributed by atoms with Gasteiger partial charge in [-0.25, -0.2) is 0 Å². The third kappa shape index (κ3) is 3.95. The lowest BCUT2D eigenvalue weighted by Gasteiger charge is -2.19. The molecule has 3 heteroatoms. The molecule has 0 radical (unpaired) electrons. The lowest BCUT2D eigenvalue weighted by molar-refractivity contribution is 0.578. The molecule has 1 N–H and O–H groups in total. The first-order chi connectivity index (χ1) is 9.35. The number of nitrogens with zero attached hydrogens (tertiary/aromatic N) is 1. The SMILES string of the molecule is CCCNC(CSCC)c1ccc2ncccc2c1.